The highest BCUT2D eigenvalue weighted by Gasteiger charge is 2.51. The summed E-state index contributed by atoms with van der Waals surface area (Å²) < 4.78 is 1.70. The minimum Gasteiger partial charge on any atom is -0.396 e. The van der Waals surface area contributed by atoms with Crippen molar-refractivity contribution in [2.75, 3.05) is 18.9 Å². The lowest BCUT2D eigenvalue weighted by Gasteiger charge is -2.02. The Labute approximate surface area is 101 Å². The minimum atomic E-state index is -0.391. The van der Waals surface area contributed by atoms with Crippen LogP contribution in [0.2, 0.25) is 0 Å². The van der Waals surface area contributed by atoms with Crippen molar-refractivity contribution in [2.45, 2.75) is 6.04 Å². The van der Waals surface area contributed by atoms with Gasteiger partial charge >= 0.3 is 0 Å². The molecule has 1 saturated carbocycles. The largest absolute Gasteiger partial charge is 0.396 e. The fraction of sp³-hybridized carbons (Fsp3) is 0.500. The van der Waals surface area contributed by atoms with E-state index >= 15 is 0 Å². The number of aliphatic hydroxyl groups excluding tert-OH is 2. The van der Waals surface area contributed by atoms with E-state index in [1.165, 1.54) is 6.33 Å². The Balaban J connectivity index is 2.12. The maximum atomic E-state index is 11.6. The molecule has 1 unspecified atom stereocenters. The lowest BCUT2D eigenvalue weighted by molar-refractivity contribution is 0.232. The quantitative estimate of drug-likeness (QED) is 0.523. The number of nitrogen functional groups attached to an aromatic ring is 1. The second-order valence-corrected chi connectivity index (χ2v) is 4.46. The molecule has 18 heavy (non-hydrogen) atoms. The smallest absolute Gasteiger partial charge is 0.280 e. The van der Waals surface area contributed by atoms with Crippen molar-refractivity contribution in [2.24, 2.45) is 11.8 Å². The van der Waals surface area contributed by atoms with E-state index < -0.39 is 5.56 Å². The number of nitrogens with two attached hydrogens (primary N) is 1. The third-order valence-electron chi connectivity index (χ3n) is 3.48. The number of rotatable bonds is 3. The van der Waals surface area contributed by atoms with Gasteiger partial charge in [-0.1, -0.05) is 0 Å². The number of aromatic amines is 1. The molecular formula is C10H13N5O3. The second-order valence-electron chi connectivity index (χ2n) is 4.46. The number of hydrogen-bond acceptors (Lipinski definition) is 6. The van der Waals surface area contributed by atoms with Crippen molar-refractivity contribution in [3.8, 4) is 0 Å². The van der Waals surface area contributed by atoms with Crippen molar-refractivity contribution in [3.63, 3.8) is 0 Å². The monoisotopic (exact) mass is 251 g/mol. The topological polar surface area (TPSA) is 130 Å². The van der Waals surface area contributed by atoms with E-state index in [4.69, 9.17) is 5.73 Å². The number of anilines is 1. The standard InChI is InChI=1S/C10H13N5O3/c11-10-13-8-6(9(18)14-10)12-3-15(8)7-4(1-16)5(7)2-17/h3-5,7,16-17H,1-2H2,(H3,11,13,14,18)/t4-,5+,7?. The summed E-state index contributed by atoms with van der Waals surface area (Å²) in [7, 11) is 0. The Morgan fingerprint density at radius 1 is 1.39 bits per heavy atom. The lowest BCUT2D eigenvalue weighted by atomic mass is 10.3. The predicted octanol–water partition coefficient (Wildman–Crippen LogP) is -1.53. The van der Waals surface area contributed by atoms with Crippen molar-refractivity contribution in [3.05, 3.63) is 16.7 Å². The molecule has 5 N–H and O–H groups in total. The zero-order chi connectivity index (χ0) is 12.9. The summed E-state index contributed by atoms with van der Waals surface area (Å²) in [6.07, 6.45) is 1.50. The number of fused-ring (bicyclic) bond motifs is 1. The van der Waals surface area contributed by atoms with E-state index in [0.29, 0.717) is 5.65 Å². The van der Waals surface area contributed by atoms with Crippen LogP contribution in [-0.4, -0.2) is 42.9 Å². The van der Waals surface area contributed by atoms with E-state index in [9.17, 15) is 15.0 Å². The summed E-state index contributed by atoms with van der Waals surface area (Å²) in [5.41, 5.74) is 5.71. The van der Waals surface area contributed by atoms with Crippen LogP contribution in [0.25, 0.3) is 11.2 Å². The van der Waals surface area contributed by atoms with Crippen LogP contribution in [0.4, 0.5) is 5.95 Å². The van der Waals surface area contributed by atoms with Gasteiger partial charge in [-0.2, -0.15) is 4.98 Å². The van der Waals surface area contributed by atoms with E-state index in [1.54, 1.807) is 4.57 Å². The molecule has 3 atom stereocenters. The normalized spacial score (nSPS) is 26.7. The highest BCUT2D eigenvalue weighted by atomic mass is 16.3. The summed E-state index contributed by atoms with van der Waals surface area (Å²) >= 11 is 0. The van der Waals surface area contributed by atoms with Crippen LogP contribution in [0.5, 0.6) is 0 Å². The molecule has 1 aliphatic rings. The van der Waals surface area contributed by atoms with Crippen LogP contribution >= 0.6 is 0 Å². The molecule has 0 bridgehead atoms. The first-order valence-corrected chi connectivity index (χ1v) is 5.61. The van der Waals surface area contributed by atoms with E-state index in [-0.39, 0.29) is 42.6 Å². The number of aromatic nitrogens is 4. The van der Waals surface area contributed by atoms with Gasteiger partial charge in [0, 0.05) is 31.1 Å². The molecule has 96 valence electrons. The van der Waals surface area contributed by atoms with Crippen LogP contribution in [0.3, 0.4) is 0 Å². The maximum Gasteiger partial charge on any atom is 0.280 e. The second kappa shape index (κ2) is 3.79. The van der Waals surface area contributed by atoms with Crippen LogP contribution < -0.4 is 11.3 Å². The first-order valence-electron chi connectivity index (χ1n) is 5.61. The Kier molecular flexibility index (Phi) is 2.35. The molecule has 0 radical (unpaired) electrons. The third kappa shape index (κ3) is 1.42. The first-order chi connectivity index (χ1) is 8.67. The molecule has 8 nitrogen and oxygen atoms in total. The molecule has 8 heteroatoms. The summed E-state index contributed by atoms with van der Waals surface area (Å²) in [6.45, 7) is -0.0392. The summed E-state index contributed by atoms with van der Waals surface area (Å²) in [4.78, 5) is 22.0. The SMILES string of the molecule is Nc1nc2c(ncn2C2[C@@H](CO)[C@H]2CO)c(=O)[nH]1. The maximum absolute atomic E-state index is 11.6. The van der Waals surface area contributed by atoms with Gasteiger partial charge in [0.15, 0.2) is 11.2 Å². The summed E-state index contributed by atoms with van der Waals surface area (Å²) in [5.74, 6) is -0.0413. The zero-order valence-corrected chi connectivity index (χ0v) is 9.45. The molecule has 2 heterocycles. The Morgan fingerprint density at radius 2 is 2.06 bits per heavy atom. The fourth-order valence-electron chi connectivity index (χ4n) is 2.49. The number of H-pyrrole nitrogens is 1. The van der Waals surface area contributed by atoms with Crippen molar-refractivity contribution >= 4 is 17.1 Å². The van der Waals surface area contributed by atoms with Gasteiger partial charge in [0.2, 0.25) is 5.95 Å². The molecule has 3 rings (SSSR count). The Hall–Kier alpha value is -1.93. The molecule has 0 saturated heterocycles. The minimum absolute atomic E-state index is 0.0196. The average molecular weight is 251 g/mol. The van der Waals surface area contributed by atoms with Crippen molar-refractivity contribution < 1.29 is 10.2 Å². The highest BCUT2D eigenvalue weighted by Crippen LogP contribution is 2.50. The Bertz CT molecular complexity index is 638. The molecule has 2 aromatic rings. The molecule has 0 aliphatic heterocycles. The van der Waals surface area contributed by atoms with Crippen molar-refractivity contribution in [1.82, 2.24) is 19.5 Å². The van der Waals surface area contributed by atoms with Gasteiger partial charge < -0.3 is 20.5 Å². The van der Waals surface area contributed by atoms with Gasteiger partial charge in [-0.3, -0.25) is 9.78 Å². The molecule has 0 aromatic carbocycles. The first kappa shape index (κ1) is 11.2. The molecule has 0 amide bonds. The van der Waals surface area contributed by atoms with Gasteiger partial charge in [0.25, 0.3) is 5.56 Å². The van der Waals surface area contributed by atoms with Gasteiger partial charge in [0.05, 0.1) is 6.33 Å². The Morgan fingerprint density at radius 3 is 2.67 bits per heavy atom. The van der Waals surface area contributed by atoms with Crippen LogP contribution in [0.1, 0.15) is 6.04 Å². The average Bonchev–Trinajstić information content (AvgIpc) is 2.90. The fourth-order valence-corrected chi connectivity index (χ4v) is 2.49. The summed E-state index contributed by atoms with van der Waals surface area (Å²) in [5, 5.41) is 18.4. The number of nitrogens with zero attached hydrogens (tertiary/aromatic N) is 3. The third-order valence-corrected chi connectivity index (χ3v) is 3.48. The highest BCUT2D eigenvalue weighted by molar-refractivity contribution is 5.70. The van der Waals surface area contributed by atoms with Gasteiger partial charge in [0.1, 0.15) is 0 Å². The van der Waals surface area contributed by atoms with Crippen molar-refractivity contribution in [1.29, 1.82) is 0 Å². The molecule has 0 spiro atoms. The van der Waals surface area contributed by atoms with E-state index in [2.05, 4.69) is 15.0 Å². The van der Waals surface area contributed by atoms with Crippen LogP contribution in [-0.2, 0) is 0 Å². The number of aliphatic hydroxyl groups is 2. The zero-order valence-electron chi connectivity index (χ0n) is 9.45. The molecule has 1 aliphatic carbocycles. The number of imidazole rings is 1. The van der Waals surface area contributed by atoms with E-state index in [1.807, 2.05) is 0 Å². The molecule has 2 aromatic heterocycles. The van der Waals surface area contributed by atoms with Crippen LogP contribution in [0, 0.1) is 11.8 Å². The number of nitrogens with one attached hydrogen (secondary N) is 1. The van der Waals surface area contributed by atoms with Gasteiger partial charge in [-0.15, -0.1) is 0 Å². The molecular weight excluding hydrogens is 238 g/mol. The number of hydrogen-bond donors (Lipinski definition) is 4. The van der Waals surface area contributed by atoms with Crippen LogP contribution in [0.15, 0.2) is 11.1 Å². The van der Waals surface area contributed by atoms with Gasteiger partial charge in [-0.25, -0.2) is 4.98 Å². The van der Waals surface area contributed by atoms with Gasteiger partial charge in [-0.05, 0) is 0 Å². The predicted molar refractivity (Wildman–Crippen MR) is 62.7 cm³/mol. The molecule has 1 fully saturated rings. The van der Waals surface area contributed by atoms with E-state index in [0.717, 1.165) is 0 Å². The summed E-state index contributed by atoms with van der Waals surface area (Å²) in [6, 6.07) is -0.0845. The lowest BCUT2D eigenvalue weighted by Crippen LogP contribution is -2.12.